The van der Waals surface area contributed by atoms with Crippen LogP contribution in [0.15, 0.2) is 22.8 Å². The van der Waals surface area contributed by atoms with Gasteiger partial charge in [0, 0.05) is 6.54 Å². The molecule has 0 radical (unpaired) electrons. The van der Waals surface area contributed by atoms with Gasteiger partial charge < -0.3 is 14.4 Å². The maximum Gasteiger partial charge on any atom is 0.329 e. The standard InChI is InChI=1S/C12H15NO4/c1-2-12(11(15)16)6-4-7-13(12)10(14)9-5-3-8-17-9/h3,5,8H,2,4,6-7H2,1H3,(H,15,16). The molecule has 1 amide bonds. The highest BCUT2D eigenvalue weighted by atomic mass is 16.4. The molecule has 1 saturated heterocycles. The van der Waals surface area contributed by atoms with E-state index in [0.717, 1.165) is 0 Å². The van der Waals surface area contributed by atoms with Crippen molar-refractivity contribution >= 4 is 11.9 Å². The van der Waals surface area contributed by atoms with E-state index < -0.39 is 11.5 Å². The van der Waals surface area contributed by atoms with Gasteiger partial charge in [-0.05, 0) is 31.4 Å². The molecule has 1 unspecified atom stereocenters. The fraction of sp³-hybridized carbons (Fsp3) is 0.500. The first-order valence-electron chi connectivity index (χ1n) is 5.70. The monoisotopic (exact) mass is 237 g/mol. The van der Waals surface area contributed by atoms with E-state index in [1.807, 2.05) is 0 Å². The second-order valence-electron chi connectivity index (χ2n) is 4.23. The predicted octanol–water partition coefficient (Wildman–Crippen LogP) is 1.75. The van der Waals surface area contributed by atoms with Crippen molar-refractivity contribution in [2.75, 3.05) is 6.54 Å². The Hall–Kier alpha value is -1.78. The Labute approximate surface area is 99.0 Å². The average Bonchev–Trinajstić information content (AvgIpc) is 2.97. The summed E-state index contributed by atoms with van der Waals surface area (Å²) in [5, 5.41) is 9.36. The van der Waals surface area contributed by atoms with Gasteiger partial charge in [-0.1, -0.05) is 6.92 Å². The van der Waals surface area contributed by atoms with Crippen LogP contribution in [0, 0.1) is 0 Å². The molecule has 5 nitrogen and oxygen atoms in total. The summed E-state index contributed by atoms with van der Waals surface area (Å²) in [6.45, 7) is 2.27. The van der Waals surface area contributed by atoms with Gasteiger partial charge in [0.15, 0.2) is 5.76 Å². The van der Waals surface area contributed by atoms with E-state index in [1.54, 1.807) is 19.1 Å². The molecule has 1 atom stereocenters. The molecule has 1 N–H and O–H groups in total. The van der Waals surface area contributed by atoms with Crippen LogP contribution in [-0.2, 0) is 4.79 Å². The van der Waals surface area contributed by atoms with Gasteiger partial charge in [0.1, 0.15) is 5.54 Å². The Kier molecular flexibility index (Phi) is 2.92. The summed E-state index contributed by atoms with van der Waals surface area (Å²) in [7, 11) is 0. The molecule has 92 valence electrons. The summed E-state index contributed by atoms with van der Waals surface area (Å²) in [4.78, 5) is 25.0. The van der Waals surface area contributed by atoms with Crippen molar-refractivity contribution in [3.05, 3.63) is 24.2 Å². The minimum atomic E-state index is -1.07. The third-order valence-electron chi connectivity index (χ3n) is 3.45. The molecule has 0 bridgehead atoms. The SMILES string of the molecule is CCC1(C(=O)O)CCCN1C(=O)c1ccco1. The molecule has 1 fully saturated rings. The number of carbonyl (C=O) groups is 2. The van der Waals surface area contributed by atoms with E-state index >= 15 is 0 Å². The smallest absolute Gasteiger partial charge is 0.329 e. The zero-order valence-corrected chi connectivity index (χ0v) is 9.68. The number of amides is 1. The molecular formula is C12H15NO4. The summed E-state index contributed by atoms with van der Waals surface area (Å²) in [5.41, 5.74) is -1.07. The molecule has 1 aliphatic rings. The van der Waals surface area contributed by atoms with Crippen molar-refractivity contribution in [1.29, 1.82) is 0 Å². The summed E-state index contributed by atoms with van der Waals surface area (Å²) in [5.74, 6) is -1.07. The molecule has 5 heteroatoms. The lowest BCUT2D eigenvalue weighted by Gasteiger charge is -2.33. The van der Waals surface area contributed by atoms with Crippen LogP contribution in [0.4, 0.5) is 0 Å². The first-order chi connectivity index (χ1) is 8.12. The minimum Gasteiger partial charge on any atom is -0.479 e. The zero-order valence-electron chi connectivity index (χ0n) is 9.68. The van der Waals surface area contributed by atoms with Crippen LogP contribution in [0.2, 0.25) is 0 Å². The van der Waals surface area contributed by atoms with Crippen molar-refractivity contribution in [2.24, 2.45) is 0 Å². The minimum absolute atomic E-state index is 0.200. The Morgan fingerprint density at radius 3 is 2.88 bits per heavy atom. The number of nitrogens with zero attached hydrogens (tertiary/aromatic N) is 1. The van der Waals surface area contributed by atoms with Crippen LogP contribution in [0.5, 0.6) is 0 Å². The van der Waals surface area contributed by atoms with Crippen LogP contribution < -0.4 is 0 Å². The Balaban J connectivity index is 2.31. The normalized spacial score (nSPS) is 23.9. The van der Waals surface area contributed by atoms with E-state index in [2.05, 4.69) is 0 Å². The van der Waals surface area contributed by atoms with Crippen LogP contribution in [0.1, 0.15) is 36.7 Å². The molecule has 0 aliphatic carbocycles. The van der Waals surface area contributed by atoms with Crippen molar-refractivity contribution in [1.82, 2.24) is 4.90 Å². The third kappa shape index (κ3) is 1.71. The number of carbonyl (C=O) groups excluding carboxylic acids is 1. The van der Waals surface area contributed by atoms with Gasteiger partial charge in [-0.3, -0.25) is 4.79 Å². The molecule has 17 heavy (non-hydrogen) atoms. The molecule has 0 aromatic carbocycles. The van der Waals surface area contributed by atoms with E-state index in [-0.39, 0.29) is 11.7 Å². The van der Waals surface area contributed by atoms with Crippen molar-refractivity contribution < 1.29 is 19.1 Å². The number of carboxylic acid groups (broad SMARTS) is 1. The summed E-state index contributed by atoms with van der Waals surface area (Å²) < 4.78 is 5.04. The topological polar surface area (TPSA) is 70.8 Å². The van der Waals surface area contributed by atoms with Gasteiger partial charge >= 0.3 is 5.97 Å². The third-order valence-corrected chi connectivity index (χ3v) is 3.45. The number of hydrogen-bond donors (Lipinski definition) is 1. The van der Waals surface area contributed by atoms with Gasteiger partial charge in [0.25, 0.3) is 5.91 Å². The van der Waals surface area contributed by atoms with Gasteiger partial charge in [-0.2, -0.15) is 0 Å². The van der Waals surface area contributed by atoms with Gasteiger partial charge in [0.2, 0.25) is 0 Å². The summed E-state index contributed by atoms with van der Waals surface area (Å²) in [6.07, 6.45) is 3.05. The summed E-state index contributed by atoms with van der Waals surface area (Å²) >= 11 is 0. The number of furan rings is 1. The second-order valence-corrected chi connectivity index (χ2v) is 4.23. The average molecular weight is 237 g/mol. The van der Waals surface area contributed by atoms with Crippen LogP contribution >= 0.6 is 0 Å². The number of rotatable bonds is 3. The maximum atomic E-state index is 12.2. The van der Waals surface area contributed by atoms with Crippen molar-refractivity contribution in [2.45, 2.75) is 31.7 Å². The molecule has 2 heterocycles. The number of hydrogen-bond acceptors (Lipinski definition) is 3. The quantitative estimate of drug-likeness (QED) is 0.869. The van der Waals surface area contributed by atoms with Crippen LogP contribution in [0.3, 0.4) is 0 Å². The molecule has 0 spiro atoms. The van der Waals surface area contributed by atoms with E-state index in [9.17, 15) is 14.7 Å². The highest BCUT2D eigenvalue weighted by Gasteiger charge is 2.49. The number of likely N-dealkylation sites (tertiary alicyclic amines) is 1. The largest absolute Gasteiger partial charge is 0.479 e. The first-order valence-corrected chi connectivity index (χ1v) is 5.70. The molecule has 0 saturated carbocycles. The van der Waals surface area contributed by atoms with E-state index in [0.29, 0.717) is 25.8 Å². The van der Waals surface area contributed by atoms with Gasteiger partial charge in [-0.15, -0.1) is 0 Å². The highest BCUT2D eigenvalue weighted by Crippen LogP contribution is 2.34. The summed E-state index contributed by atoms with van der Waals surface area (Å²) in [6, 6.07) is 3.18. The fourth-order valence-corrected chi connectivity index (χ4v) is 2.45. The van der Waals surface area contributed by atoms with E-state index in [4.69, 9.17) is 4.42 Å². The predicted molar refractivity (Wildman–Crippen MR) is 59.6 cm³/mol. The maximum absolute atomic E-state index is 12.2. The lowest BCUT2D eigenvalue weighted by molar-refractivity contribution is -0.148. The molecule has 1 aliphatic heterocycles. The molecule has 1 aromatic rings. The zero-order chi connectivity index (χ0) is 12.5. The highest BCUT2D eigenvalue weighted by molar-refractivity contribution is 5.96. The fourth-order valence-electron chi connectivity index (χ4n) is 2.45. The van der Waals surface area contributed by atoms with Gasteiger partial charge in [-0.25, -0.2) is 4.79 Å². The first kappa shape index (κ1) is 11.7. The van der Waals surface area contributed by atoms with Gasteiger partial charge in [0.05, 0.1) is 6.26 Å². The number of aliphatic carboxylic acids is 1. The van der Waals surface area contributed by atoms with Crippen LogP contribution in [-0.4, -0.2) is 34.0 Å². The van der Waals surface area contributed by atoms with Crippen molar-refractivity contribution in [3.63, 3.8) is 0 Å². The second kappa shape index (κ2) is 4.24. The van der Waals surface area contributed by atoms with E-state index in [1.165, 1.54) is 11.2 Å². The van der Waals surface area contributed by atoms with Crippen LogP contribution in [0.25, 0.3) is 0 Å². The van der Waals surface area contributed by atoms with Crippen molar-refractivity contribution in [3.8, 4) is 0 Å². The molecular weight excluding hydrogens is 222 g/mol. The Morgan fingerprint density at radius 1 is 1.59 bits per heavy atom. The number of carboxylic acids is 1. The lowest BCUT2D eigenvalue weighted by atomic mass is 9.93. The Bertz CT molecular complexity index is 426. The molecule has 2 rings (SSSR count). The lowest BCUT2D eigenvalue weighted by Crippen LogP contribution is -2.52. The molecule has 1 aromatic heterocycles. The Morgan fingerprint density at radius 2 is 2.35 bits per heavy atom.